The van der Waals surface area contributed by atoms with Crippen molar-refractivity contribution in [2.24, 2.45) is 17.2 Å². The van der Waals surface area contributed by atoms with Crippen LogP contribution in [0.25, 0.3) is 0 Å². The molecule has 248 valence electrons. The summed E-state index contributed by atoms with van der Waals surface area (Å²) < 4.78 is 5.22. The summed E-state index contributed by atoms with van der Waals surface area (Å²) >= 11 is 0. The number of primary amides is 2. The fraction of sp³-hybridized carbons (Fsp3) is 0.708. The van der Waals surface area contributed by atoms with E-state index < -0.39 is 91.1 Å². The van der Waals surface area contributed by atoms with Gasteiger partial charge in [-0.25, -0.2) is 0 Å². The molecule has 0 spiro atoms. The maximum Gasteiger partial charge on any atom is 0.246 e. The lowest BCUT2D eigenvalue weighted by atomic mass is 10.0. The van der Waals surface area contributed by atoms with Gasteiger partial charge >= 0.3 is 0 Å². The molecule has 43 heavy (non-hydrogen) atoms. The quantitative estimate of drug-likeness (QED) is 0.0391. The lowest BCUT2D eigenvalue weighted by Crippen LogP contribution is -2.56. The van der Waals surface area contributed by atoms with Crippen LogP contribution in [-0.2, 0) is 38.3 Å². The molecule has 0 aliphatic rings. The molecule has 18 nitrogen and oxygen atoms in total. The fourth-order valence-electron chi connectivity index (χ4n) is 3.50. The summed E-state index contributed by atoms with van der Waals surface area (Å²) in [5, 5.41) is 38.4. The number of hydrogen-bond donors (Lipinski definition) is 10. The molecule has 0 heterocycles. The minimum absolute atomic E-state index is 0. The number of rotatable bonds is 22. The zero-order valence-electron chi connectivity index (χ0n) is 24.0. The molecule has 7 atom stereocenters. The largest absolute Gasteiger partial charge is 0.394 e. The van der Waals surface area contributed by atoms with Crippen LogP contribution in [0.2, 0.25) is 0 Å². The zero-order valence-corrected chi connectivity index (χ0v) is 24.8. The Morgan fingerprint density at radius 3 is 2.07 bits per heavy atom. The van der Waals surface area contributed by atoms with Crippen LogP contribution in [0.3, 0.4) is 0 Å². The second-order valence-electron chi connectivity index (χ2n) is 9.52. The molecule has 0 aromatic rings. The summed E-state index contributed by atoms with van der Waals surface area (Å²) in [5.41, 5.74) is 15.9. The average molecular weight is 642 g/mol. The summed E-state index contributed by atoms with van der Waals surface area (Å²) in [4.78, 5) is 82.4. The van der Waals surface area contributed by atoms with E-state index in [-0.39, 0.29) is 38.1 Å². The molecule has 0 saturated carbocycles. The minimum Gasteiger partial charge on any atom is -0.394 e. The summed E-state index contributed by atoms with van der Waals surface area (Å²) in [7, 11) is 0. The molecule has 0 aliphatic carbocycles. The molecular formula is C24H44ClN7O11. The van der Waals surface area contributed by atoms with E-state index in [1.807, 2.05) is 0 Å². The number of amides is 6. The van der Waals surface area contributed by atoms with Crippen LogP contribution in [0.15, 0.2) is 0 Å². The summed E-state index contributed by atoms with van der Waals surface area (Å²) in [6.45, 7) is 0.893. The van der Waals surface area contributed by atoms with Crippen LogP contribution >= 0.6 is 12.4 Å². The van der Waals surface area contributed by atoms with Crippen LogP contribution in [0.1, 0.15) is 46.0 Å². The number of unbranched alkanes of at least 4 members (excludes halogenated alkanes) is 1. The van der Waals surface area contributed by atoms with Gasteiger partial charge in [-0.05, 0) is 32.6 Å². The Hall–Kier alpha value is -3.42. The van der Waals surface area contributed by atoms with E-state index >= 15 is 0 Å². The van der Waals surface area contributed by atoms with Crippen molar-refractivity contribution in [1.82, 2.24) is 21.3 Å². The van der Waals surface area contributed by atoms with Gasteiger partial charge in [0.2, 0.25) is 35.4 Å². The second-order valence-corrected chi connectivity index (χ2v) is 9.52. The van der Waals surface area contributed by atoms with E-state index in [0.717, 1.165) is 6.92 Å². The van der Waals surface area contributed by atoms with Crippen molar-refractivity contribution in [3.63, 3.8) is 0 Å². The third-order valence-corrected chi connectivity index (χ3v) is 5.92. The number of carbonyl (C=O) groups is 7. The molecular weight excluding hydrogens is 598 g/mol. The molecule has 13 N–H and O–H groups in total. The van der Waals surface area contributed by atoms with Gasteiger partial charge in [0.05, 0.1) is 12.6 Å². The van der Waals surface area contributed by atoms with Gasteiger partial charge in [-0.1, -0.05) is 0 Å². The molecule has 0 radical (unpaired) electrons. The Bertz CT molecular complexity index is 943. The van der Waals surface area contributed by atoms with Crippen LogP contribution in [0.5, 0.6) is 0 Å². The van der Waals surface area contributed by atoms with Gasteiger partial charge in [0.1, 0.15) is 49.3 Å². The van der Waals surface area contributed by atoms with Crippen LogP contribution in [0.4, 0.5) is 0 Å². The molecule has 0 aromatic carbocycles. The van der Waals surface area contributed by atoms with Crippen molar-refractivity contribution in [3.8, 4) is 0 Å². The second kappa shape index (κ2) is 22.2. The molecule has 0 saturated heterocycles. The van der Waals surface area contributed by atoms with Gasteiger partial charge in [0.15, 0.2) is 0 Å². The Kier molecular flexibility index (Phi) is 21.5. The summed E-state index contributed by atoms with van der Waals surface area (Å²) in [6.07, 6.45) is -3.90. The SMILES string of the molecule is CC(=O)N[C@@H](C=O)[C@@H](OCC(=O)NC(C)C(=O)NC(CCC(=O)NCCCCC(N)C(N)=O)C(N)=O)[C@H](O)[C@H](O)CO.Cl. The number of nitrogens with one attached hydrogen (secondary N) is 4. The lowest BCUT2D eigenvalue weighted by molar-refractivity contribution is -0.146. The maximum absolute atomic E-state index is 12.5. The van der Waals surface area contributed by atoms with Crippen molar-refractivity contribution in [2.75, 3.05) is 19.8 Å². The normalized spacial score (nSPS) is 15.6. The molecule has 0 aromatic heterocycles. The molecule has 0 aliphatic heterocycles. The number of ether oxygens (including phenoxy) is 1. The van der Waals surface area contributed by atoms with E-state index in [4.69, 9.17) is 27.0 Å². The van der Waals surface area contributed by atoms with E-state index in [1.54, 1.807) is 0 Å². The van der Waals surface area contributed by atoms with E-state index in [9.17, 15) is 43.8 Å². The number of carbonyl (C=O) groups excluding carboxylic acids is 7. The fourth-order valence-corrected chi connectivity index (χ4v) is 3.50. The highest BCUT2D eigenvalue weighted by molar-refractivity contribution is 5.92. The first kappa shape index (κ1) is 41.7. The highest BCUT2D eigenvalue weighted by Gasteiger charge is 2.35. The Morgan fingerprint density at radius 1 is 0.930 bits per heavy atom. The van der Waals surface area contributed by atoms with Crippen molar-refractivity contribution in [2.45, 2.75) is 88.4 Å². The standard InChI is InChI=1S/C24H43N7O11.ClH/c1-12(29-19(37)11-42-21(20(38)17(35)10-33)16(9-32)30-13(2)34)24(41)31-15(23(27)40)6-7-18(36)28-8-4-3-5-14(25)22(26)39;/h9,12,14-17,20-21,33,35,38H,3-8,10-11,25H2,1-2H3,(H2,26,39)(H2,27,40)(H,28,36)(H,29,37)(H,30,34)(H,31,41);1H/t12?,14?,15?,16-,17+,20+,21+;/m0./s1. The van der Waals surface area contributed by atoms with Crippen molar-refractivity contribution in [3.05, 3.63) is 0 Å². The third kappa shape index (κ3) is 17.3. The van der Waals surface area contributed by atoms with E-state index in [0.29, 0.717) is 19.3 Å². The molecule has 19 heteroatoms. The van der Waals surface area contributed by atoms with Gasteiger partial charge in [-0.3, -0.25) is 28.8 Å². The highest BCUT2D eigenvalue weighted by Crippen LogP contribution is 2.09. The Balaban J connectivity index is 0. The third-order valence-electron chi connectivity index (χ3n) is 5.92. The summed E-state index contributed by atoms with van der Waals surface area (Å²) in [5.74, 6) is -4.36. The maximum atomic E-state index is 12.5. The molecule has 3 unspecified atom stereocenters. The number of aldehydes is 1. The first-order valence-electron chi connectivity index (χ1n) is 13.2. The first-order valence-corrected chi connectivity index (χ1v) is 13.2. The van der Waals surface area contributed by atoms with Crippen LogP contribution in [0, 0.1) is 0 Å². The molecule has 0 rings (SSSR count). The number of halogens is 1. The van der Waals surface area contributed by atoms with Crippen molar-refractivity contribution >= 4 is 54.1 Å². The number of aliphatic hydroxyl groups is 3. The predicted octanol–water partition coefficient (Wildman–Crippen LogP) is -5.43. The number of hydrogen-bond acceptors (Lipinski definition) is 12. The van der Waals surface area contributed by atoms with Gasteiger partial charge in [-0.2, -0.15) is 0 Å². The monoisotopic (exact) mass is 641 g/mol. The first-order chi connectivity index (χ1) is 19.6. The van der Waals surface area contributed by atoms with Crippen molar-refractivity contribution < 1.29 is 53.6 Å². The van der Waals surface area contributed by atoms with Gasteiger partial charge < -0.3 is 63.3 Å². The van der Waals surface area contributed by atoms with Crippen molar-refractivity contribution in [1.29, 1.82) is 0 Å². The molecule has 0 bridgehead atoms. The molecule has 0 fully saturated rings. The van der Waals surface area contributed by atoms with Crippen LogP contribution in [-0.4, -0.2) is 119 Å². The number of aliphatic hydroxyl groups excluding tert-OH is 3. The average Bonchev–Trinajstić information content (AvgIpc) is 2.92. The summed E-state index contributed by atoms with van der Waals surface area (Å²) in [6, 6.07) is -4.72. The van der Waals surface area contributed by atoms with Gasteiger partial charge in [0.25, 0.3) is 0 Å². The topological polar surface area (TPSA) is 316 Å². The van der Waals surface area contributed by atoms with Gasteiger partial charge in [0, 0.05) is 19.9 Å². The van der Waals surface area contributed by atoms with Crippen LogP contribution < -0.4 is 38.5 Å². The zero-order chi connectivity index (χ0) is 32.4. The minimum atomic E-state index is -1.88. The van der Waals surface area contributed by atoms with E-state index in [2.05, 4.69) is 21.3 Å². The lowest BCUT2D eigenvalue weighted by Gasteiger charge is -2.30. The predicted molar refractivity (Wildman–Crippen MR) is 152 cm³/mol. The Morgan fingerprint density at radius 2 is 1.56 bits per heavy atom. The highest BCUT2D eigenvalue weighted by atomic mass is 35.5. The Labute approximate surface area is 254 Å². The van der Waals surface area contributed by atoms with E-state index in [1.165, 1.54) is 6.92 Å². The van der Waals surface area contributed by atoms with Gasteiger partial charge in [-0.15, -0.1) is 12.4 Å². The number of nitrogens with two attached hydrogens (primary N) is 3. The molecule has 6 amide bonds. The smallest absolute Gasteiger partial charge is 0.246 e.